The van der Waals surface area contributed by atoms with E-state index in [4.69, 9.17) is 4.74 Å². The van der Waals surface area contributed by atoms with Crippen LogP contribution in [0.2, 0.25) is 0 Å². The summed E-state index contributed by atoms with van der Waals surface area (Å²) in [5.41, 5.74) is 4.49. The number of anilines is 1. The maximum atomic E-state index is 11.5. The highest BCUT2D eigenvalue weighted by atomic mass is 16.5. The van der Waals surface area contributed by atoms with Crippen LogP contribution in [0.1, 0.15) is 36.5 Å². The van der Waals surface area contributed by atoms with Crippen molar-refractivity contribution >= 4 is 11.6 Å². The summed E-state index contributed by atoms with van der Waals surface area (Å²) >= 11 is 0. The molecule has 0 atom stereocenters. The minimum absolute atomic E-state index is 0.0773. The van der Waals surface area contributed by atoms with Gasteiger partial charge in [-0.3, -0.25) is 4.79 Å². The van der Waals surface area contributed by atoms with Gasteiger partial charge in [0.2, 0.25) is 5.91 Å². The first-order chi connectivity index (χ1) is 10.6. The molecular formula is C19H21NO2. The lowest BCUT2D eigenvalue weighted by molar-refractivity contribution is -0.115. The minimum Gasteiger partial charge on any atom is -0.493 e. The Morgan fingerprint density at radius 2 is 1.95 bits per heavy atom. The summed E-state index contributed by atoms with van der Waals surface area (Å²) in [6, 6.07) is 14.2. The monoisotopic (exact) mass is 295 g/mol. The summed E-state index contributed by atoms with van der Waals surface area (Å²) in [6.45, 7) is 4.96. The summed E-state index contributed by atoms with van der Waals surface area (Å²) in [6.07, 6.45) is 1.29. The van der Waals surface area contributed by atoms with Crippen LogP contribution in [0.3, 0.4) is 0 Å². The number of carbonyl (C=O) groups excluding carboxylic acids is 1. The van der Waals surface area contributed by atoms with Gasteiger partial charge in [0.1, 0.15) is 5.75 Å². The zero-order valence-corrected chi connectivity index (χ0v) is 13.1. The third kappa shape index (κ3) is 2.98. The van der Waals surface area contributed by atoms with Gasteiger partial charge in [0.25, 0.3) is 0 Å². The average molecular weight is 295 g/mol. The summed E-state index contributed by atoms with van der Waals surface area (Å²) in [5.74, 6) is 1.48. The van der Waals surface area contributed by atoms with E-state index in [1.807, 2.05) is 30.3 Å². The van der Waals surface area contributed by atoms with Crippen molar-refractivity contribution in [3.63, 3.8) is 0 Å². The Kier molecular flexibility index (Phi) is 4.14. The second kappa shape index (κ2) is 6.22. The molecule has 0 spiro atoms. The molecule has 1 amide bonds. The van der Waals surface area contributed by atoms with E-state index in [0.717, 1.165) is 23.4 Å². The molecule has 114 valence electrons. The molecule has 1 N–H and O–H groups in total. The lowest BCUT2D eigenvalue weighted by Crippen LogP contribution is -2.06. The SMILES string of the molecule is CC(C)c1ccccc1OCCc1cccc2c1CC(=O)N2. The zero-order valence-electron chi connectivity index (χ0n) is 13.1. The first-order valence-electron chi connectivity index (χ1n) is 7.77. The number of benzene rings is 2. The molecule has 0 unspecified atom stereocenters. The fourth-order valence-corrected chi connectivity index (χ4v) is 2.91. The van der Waals surface area contributed by atoms with Gasteiger partial charge in [-0.1, -0.05) is 44.2 Å². The van der Waals surface area contributed by atoms with E-state index in [1.54, 1.807) is 0 Å². The standard InChI is InChI=1S/C19H21NO2/c1-13(2)15-7-3-4-9-18(15)22-11-10-14-6-5-8-17-16(14)12-19(21)20-17/h3-9,13H,10-12H2,1-2H3,(H,20,21). The second-order valence-electron chi connectivity index (χ2n) is 5.96. The van der Waals surface area contributed by atoms with Crippen molar-refractivity contribution in [2.45, 2.75) is 32.6 Å². The quantitative estimate of drug-likeness (QED) is 0.907. The minimum atomic E-state index is 0.0773. The van der Waals surface area contributed by atoms with E-state index in [0.29, 0.717) is 18.9 Å². The van der Waals surface area contributed by atoms with Gasteiger partial charge < -0.3 is 10.1 Å². The Morgan fingerprint density at radius 1 is 1.14 bits per heavy atom. The third-order valence-corrected chi connectivity index (χ3v) is 4.05. The third-order valence-electron chi connectivity index (χ3n) is 4.05. The van der Waals surface area contributed by atoms with Crippen LogP contribution in [0.5, 0.6) is 5.75 Å². The summed E-state index contributed by atoms with van der Waals surface area (Å²) in [5, 5.41) is 2.89. The lowest BCUT2D eigenvalue weighted by atomic mass is 10.0. The number of fused-ring (bicyclic) bond motifs is 1. The van der Waals surface area contributed by atoms with Crippen LogP contribution in [-0.4, -0.2) is 12.5 Å². The van der Waals surface area contributed by atoms with Gasteiger partial charge in [0, 0.05) is 12.1 Å². The molecule has 0 saturated carbocycles. The predicted molar refractivity (Wildman–Crippen MR) is 88.5 cm³/mol. The van der Waals surface area contributed by atoms with E-state index >= 15 is 0 Å². The highest BCUT2D eigenvalue weighted by Gasteiger charge is 2.20. The van der Waals surface area contributed by atoms with Gasteiger partial charge in [-0.05, 0) is 34.7 Å². The van der Waals surface area contributed by atoms with E-state index in [9.17, 15) is 4.79 Å². The molecule has 3 rings (SSSR count). The maximum Gasteiger partial charge on any atom is 0.228 e. The maximum absolute atomic E-state index is 11.5. The number of hydrogen-bond donors (Lipinski definition) is 1. The molecule has 22 heavy (non-hydrogen) atoms. The van der Waals surface area contributed by atoms with E-state index in [2.05, 4.69) is 31.3 Å². The largest absolute Gasteiger partial charge is 0.493 e. The second-order valence-corrected chi connectivity index (χ2v) is 5.96. The summed E-state index contributed by atoms with van der Waals surface area (Å²) in [7, 11) is 0. The Bertz CT molecular complexity index is 692. The van der Waals surface area contributed by atoms with Crippen LogP contribution in [0, 0.1) is 0 Å². The lowest BCUT2D eigenvalue weighted by Gasteiger charge is -2.14. The van der Waals surface area contributed by atoms with Gasteiger partial charge in [0.05, 0.1) is 13.0 Å². The highest BCUT2D eigenvalue weighted by molar-refractivity contribution is 5.99. The Labute approximate surface area is 131 Å². The van der Waals surface area contributed by atoms with Gasteiger partial charge >= 0.3 is 0 Å². The molecule has 1 heterocycles. The molecular weight excluding hydrogens is 274 g/mol. The Morgan fingerprint density at radius 3 is 2.77 bits per heavy atom. The smallest absolute Gasteiger partial charge is 0.228 e. The fraction of sp³-hybridized carbons (Fsp3) is 0.316. The van der Waals surface area contributed by atoms with E-state index < -0.39 is 0 Å². The van der Waals surface area contributed by atoms with E-state index in [1.165, 1.54) is 11.1 Å². The van der Waals surface area contributed by atoms with Crippen LogP contribution in [-0.2, 0) is 17.6 Å². The van der Waals surface area contributed by atoms with Gasteiger partial charge in [-0.15, -0.1) is 0 Å². The molecule has 2 aromatic rings. The number of rotatable bonds is 5. The van der Waals surface area contributed by atoms with Crippen molar-refractivity contribution in [1.29, 1.82) is 0 Å². The molecule has 0 radical (unpaired) electrons. The number of ether oxygens (including phenoxy) is 1. The van der Waals surface area contributed by atoms with Crippen molar-refractivity contribution in [3.8, 4) is 5.75 Å². The van der Waals surface area contributed by atoms with Gasteiger partial charge in [-0.25, -0.2) is 0 Å². The van der Waals surface area contributed by atoms with Crippen LogP contribution in [0.4, 0.5) is 5.69 Å². The molecule has 1 aliphatic heterocycles. The first-order valence-corrected chi connectivity index (χ1v) is 7.77. The number of hydrogen-bond acceptors (Lipinski definition) is 2. The molecule has 3 nitrogen and oxygen atoms in total. The van der Waals surface area contributed by atoms with Crippen molar-refractivity contribution in [1.82, 2.24) is 0 Å². The van der Waals surface area contributed by atoms with E-state index in [-0.39, 0.29) is 5.91 Å². The molecule has 0 aliphatic carbocycles. The number of nitrogens with one attached hydrogen (secondary N) is 1. The van der Waals surface area contributed by atoms with Gasteiger partial charge in [0.15, 0.2) is 0 Å². The molecule has 1 aliphatic rings. The van der Waals surface area contributed by atoms with Crippen molar-refractivity contribution in [2.75, 3.05) is 11.9 Å². The van der Waals surface area contributed by atoms with Crippen LogP contribution in [0.25, 0.3) is 0 Å². The topological polar surface area (TPSA) is 38.3 Å². The normalized spacial score (nSPS) is 13.1. The summed E-state index contributed by atoms with van der Waals surface area (Å²) in [4.78, 5) is 11.5. The highest BCUT2D eigenvalue weighted by Crippen LogP contribution is 2.28. The summed E-state index contributed by atoms with van der Waals surface area (Å²) < 4.78 is 5.98. The Hall–Kier alpha value is -2.29. The number of amides is 1. The van der Waals surface area contributed by atoms with Gasteiger partial charge in [-0.2, -0.15) is 0 Å². The Balaban J connectivity index is 1.68. The number of carbonyl (C=O) groups is 1. The zero-order chi connectivity index (χ0) is 15.5. The van der Waals surface area contributed by atoms with Crippen LogP contribution in [0.15, 0.2) is 42.5 Å². The predicted octanol–water partition coefficient (Wildman–Crippen LogP) is 3.93. The average Bonchev–Trinajstić information content (AvgIpc) is 2.88. The molecule has 3 heteroatoms. The van der Waals surface area contributed by atoms with Crippen molar-refractivity contribution in [3.05, 3.63) is 59.2 Å². The molecule has 0 saturated heterocycles. The number of para-hydroxylation sites is 1. The molecule has 0 bridgehead atoms. The van der Waals surface area contributed by atoms with Crippen LogP contribution < -0.4 is 10.1 Å². The molecule has 0 aromatic heterocycles. The molecule has 2 aromatic carbocycles. The van der Waals surface area contributed by atoms with Crippen molar-refractivity contribution in [2.24, 2.45) is 0 Å². The first kappa shape index (κ1) is 14.6. The van der Waals surface area contributed by atoms with Crippen LogP contribution >= 0.6 is 0 Å². The molecule has 0 fully saturated rings. The fourth-order valence-electron chi connectivity index (χ4n) is 2.91. The van der Waals surface area contributed by atoms with Crippen molar-refractivity contribution < 1.29 is 9.53 Å².